The Morgan fingerprint density at radius 3 is 2.56 bits per heavy atom. The first-order chi connectivity index (χ1) is 23.2. The molecule has 12 heteroatoms. The molecule has 48 heavy (non-hydrogen) atoms. The summed E-state index contributed by atoms with van der Waals surface area (Å²) in [6, 6.07) is 16.3. The SMILES string of the molecule is CC(C)(Oc1cccc(N2CCC[C@H](NC(=O)N(Cc3ccc(-c4cn[nH]c4)cc3)C3CC3)C2)c1)C(=O)NCC(=O)N1CCC[C@H]1CN. The molecule has 3 aromatic rings. The number of ether oxygens (including phenoxy) is 1. The maximum Gasteiger partial charge on any atom is 0.318 e. The highest BCUT2D eigenvalue weighted by atomic mass is 16.5. The fourth-order valence-electron chi connectivity index (χ4n) is 6.71. The highest BCUT2D eigenvalue weighted by molar-refractivity contribution is 5.89. The summed E-state index contributed by atoms with van der Waals surface area (Å²) in [4.78, 5) is 45.3. The van der Waals surface area contributed by atoms with Gasteiger partial charge in [0.15, 0.2) is 5.60 Å². The number of nitrogens with two attached hydrogens (primary N) is 1. The van der Waals surface area contributed by atoms with Crippen LogP contribution >= 0.6 is 0 Å². The third-order valence-electron chi connectivity index (χ3n) is 9.61. The van der Waals surface area contributed by atoms with E-state index in [0.29, 0.717) is 31.9 Å². The second kappa shape index (κ2) is 14.7. The monoisotopic (exact) mass is 656 g/mol. The zero-order chi connectivity index (χ0) is 33.7. The Morgan fingerprint density at radius 1 is 1.04 bits per heavy atom. The van der Waals surface area contributed by atoms with Crippen molar-refractivity contribution in [3.63, 3.8) is 0 Å². The van der Waals surface area contributed by atoms with Crippen molar-refractivity contribution in [2.75, 3.05) is 37.6 Å². The van der Waals surface area contributed by atoms with Crippen molar-refractivity contribution < 1.29 is 19.1 Å². The standard InChI is InChI=1S/C36H48N8O4/c1-36(2,34(46)38-22-33(45)43-17-5-8-31(43)19-37)48-32-9-3-7-30(18-32)42-16-4-6-28(24-42)41-35(47)44(29-14-15-29)23-25-10-12-26(13-11-25)27-20-39-40-21-27/h3,7,9-13,18,20-21,28-29,31H,4-6,8,14-17,19,22-24,37H2,1-2H3,(H,38,46)(H,39,40)(H,41,47)/t28-,31-/m0/s1. The summed E-state index contributed by atoms with van der Waals surface area (Å²) in [6.45, 7) is 6.52. The number of amides is 4. The van der Waals surface area contributed by atoms with Gasteiger partial charge in [-0.15, -0.1) is 0 Å². The summed E-state index contributed by atoms with van der Waals surface area (Å²) in [7, 11) is 0. The lowest BCUT2D eigenvalue weighted by molar-refractivity contribution is -0.138. The van der Waals surface area contributed by atoms with Gasteiger partial charge in [0, 0.05) is 74.4 Å². The normalized spacial score (nSPS) is 19.6. The number of hydrogen-bond donors (Lipinski definition) is 4. The zero-order valence-electron chi connectivity index (χ0n) is 28.0. The van der Waals surface area contributed by atoms with Gasteiger partial charge in [0.1, 0.15) is 5.75 Å². The molecule has 3 heterocycles. The number of rotatable bonds is 12. The number of anilines is 1. The zero-order valence-corrected chi connectivity index (χ0v) is 28.0. The molecule has 1 aromatic heterocycles. The van der Waals surface area contributed by atoms with E-state index in [1.54, 1.807) is 24.9 Å². The number of carbonyl (C=O) groups is 3. The Bertz CT molecular complexity index is 1560. The number of likely N-dealkylation sites (tertiary alicyclic amines) is 1. The number of H-pyrrole nitrogens is 1. The van der Waals surface area contributed by atoms with Crippen LogP contribution in [0.25, 0.3) is 11.1 Å². The molecule has 2 saturated heterocycles. The lowest BCUT2D eigenvalue weighted by Crippen LogP contribution is -2.52. The van der Waals surface area contributed by atoms with E-state index in [2.05, 4.69) is 50.0 Å². The fourth-order valence-corrected chi connectivity index (χ4v) is 6.71. The Balaban J connectivity index is 1.02. The molecule has 0 bridgehead atoms. The number of aromatic amines is 1. The van der Waals surface area contributed by atoms with Crippen molar-refractivity contribution >= 4 is 23.5 Å². The molecule has 3 aliphatic rings. The minimum Gasteiger partial charge on any atom is -0.478 e. The van der Waals surface area contributed by atoms with Crippen molar-refractivity contribution in [2.24, 2.45) is 5.73 Å². The maximum absolute atomic E-state index is 13.6. The van der Waals surface area contributed by atoms with Gasteiger partial charge in [-0.1, -0.05) is 30.3 Å². The lowest BCUT2D eigenvalue weighted by Gasteiger charge is -2.36. The smallest absolute Gasteiger partial charge is 0.318 e. The van der Waals surface area contributed by atoms with Crippen LogP contribution in [-0.4, -0.2) is 94.3 Å². The number of hydrogen-bond acceptors (Lipinski definition) is 7. The molecule has 0 unspecified atom stereocenters. The summed E-state index contributed by atoms with van der Waals surface area (Å²) in [6.07, 6.45) is 9.41. The average Bonchev–Trinajstić information content (AvgIpc) is 3.55. The summed E-state index contributed by atoms with van der Waals surface area (Å²) < 4.78 is 6.17. The predicted molar refractivity (Wildman–Crippen MR) is 184 cm³/mol. The largest absolute Gasteiger partial charge is 0.478 e. The summed E-state index contributed by atoms with van der Waals surface area (Å²) in [5, 5.41) is 13.0. The summed E-state index contributed by atoms with van der Waals surface area (Å²) in [5.41, 5.74) is 8.81. The third-order valence-corrected chi connectivity index (χ3v) is 9.61. The first-order valence-electron chi connectivity index (χ1n) is 17.2. The molecule has 4 amide bonds. The molecule has 2 aliphatic heterocycles. The van der Waals surface area contributed by atoms with Crippen molar-refractivity contribution in [1.29, 1.82) is 0 Å². The third kappa shape index (κ3) is 8.10. The van der Waals surface area contributed by atoms with E-state index >= 15 is 0 Å². The number of urea groups is 1. The molecule has 2 atom stereocenters. The Kier molecular flexibility index (Phi) is 10.2. The van der Waals surface area contributed by atoms with Crippen molar-refractivity contribution in [2.45, 2.75) is 82.6 Å². The number of nitrogens with one attached hydrogen (secondary N) is 3. The molecule has 0 spiro atoms. The number of carbonyl (C=O) groups excluding carboxylic acids is 3. The number of nitrogens with zero attached hydrogens (tertiary/aromatic N) is 4. The van der Waals surface area contributed by atoms with Crippen LogP contribution in [0.1, 0.15) is 57.9 Å². The van der Waals surface area contributed by atoms with Crippen LogP contribution < -0.4 is 26.0 Å². The van der Waals surface area contributed by atoms with Gasteiger partial charge in [0.25, 0.3) is 5.91 Å². The molecule has 1 aliphatic carbocycles. The lowest BCUT2D eigenvalue weighted by atomic mass is 10.0. The average molecular weight is 657 g/mol. The van der Waals surface area contributed by atoms with E-state index in [0.717, 1.165) is 67.4 Å². The summed E-state index contributed by atoms with van der Waals surface area (Å²) >= 11 is 0. The number of benzene rings is 2. The highest BCUT2D eigenvalue weighted by Crippen LogP contribution is 2.30. The van der Waals surface area contributed by atoms with Crippen LogP contribution in [0.3, 0.4) is 0 Å². The molecule has 1 saturated carbocycles. The first kappa shape index (κ1) is 33.3. The highest BCUT2D eigenvalue weighted by Gasteiger charge is 2.35. The van der Waals surface area contributed by atoms with Gasteiger partial charge in [-0.2, -0.15) is 5.10 Å². The quantitative estimate of drug-likeness (QED) is 0.233. The number of aromatic nitrogens is 2. The molecule has 12 nitrogen and oxygen atoms in total. The van der Waals surface area contributed by atoms with E-state index in [9.17, 15) is 14.4 Å². The molecular formula is C36H48N8O4. The topological polar surface area (TPSA) is 149 Å². The van der Waals surface area contributed by atoms with Crippen LogP contribution in [0.15, 0.2) is 60.9 Å². The molecule has 256 valence electrons. The Morgan fingerprint density at radius 2 is 1.83 bits per heavy atom. The minimum atomic E-state index is -1.19. The van der Waals surface area contributed by atoms with Crippen LogP contribution in [-0.2, 0) is 16.1 Å². The van der Waals surface area contributed by atoms with Crippen molar-refractivity contribution in [3.8, 4) is 16.9 Å². The van der Waals surface area contributed by atoms with E-state index in [1.807, 2.05) is 35.4 Å². The van der Waals surface area contributed by atoms with Crippen LogP contribution in [0.5, 0.6) is 5.75 Å². The van der Waals surface area contributed by atoms with Gasteiger partial charge in [-0.25, -0.2) is 4.79 Å². The van der Waals surface area contributed by atoms with E-state index in [4.69, 9.17) is 10.5 Å². The van der Waals surface area contributed by atoms with Crippen LogP contribution in [0, 0.1) is 0 Å². The van der Waals surface area contributed by atoms with Crippen LogP contribution in [0.4, 0.5) is 10.5 Å². The summed E-state index contributed by atoms with van der Waals surface area (Å²) in [5.74, 6) is 0.0762. The molecule has 0 radical (unpaired) electrons. The van der Waals surface area contributed by atoms with Crippen molar-refractivity contribution in [3.05, 3.63) is 66.5 Å². The second-order valence-corrected chi connectivity index (χ2v) is 13.7. The van der Waals surface area contributed by atoms with E-state index in [1.165, 1.54) is 0 Å². The van der Waals surface area contributed by atoms with Gasteiger partial charge in [0.2, 0.25) is 5.91 Å². The van der Waals surface area contributed by atoms with Crippen molar-refractivity contribution in [1.82, 2.24) is 30.6 Å². The molecule has 5 N–H and O–H groups in total. The minimum absolute atomic E-state index is 0.00905. The van der Waals surface area contributed by atoms with Gasteiger partial charge in [0.05, 0.1) is 12.7 Å². The van der Waals surface area contributed by atoms with Gasteiger partial charge in [-0.3, -0.25) is 14.7 Å². The maximum atomic E-state index is 13.6. The molecule has 2 aromatic carbocycles. The van der Waals surface area contributed by atoms with E-state index in [-0.39, 0.29) is 42.5 Å². The predicted octanol–water partition coefficient (Wildman–Crippen LogP) is 3.64. The second-order valence-electron chi connectivity index (χ2n) is 13.7. The van der Waals surface area contributed by atoms with Crippen LogP contribution in [0.2, 0.25) is 0 Å². The van der Waals surface area contributed by atoms with Gasteiger partial charge < -0.3 is 35.8 Å². The van der Waals surface area contributed by atoms with E-state index < -0.39 is 5.60 Å². The Labute approximate surface area is 282 Å². The molecular weight excluding hydrogens is 608 g/mol. The molecule has 6 rings (SSSR count). The van der Waals surface area contributed by atoms with Gasteiger partial charge >= 0.3 is 6.03 Å². The fraction of sp³-hybridized carbons (Fsp3) is 0.500. The molecule has 3 fully saturated rings. The van der Waals surface area contributed by atoms with Gasteiger partial charge in [-0.05, 0) is 75.6 Å². The number of piperidine rings is 1. The Hall–Kier alpha value is -4.58. The first-order valence-corrected chi connectivity index (χ1v) is 17.2.